The second-order valence-electron chi connectivity index (χ2n) is 10.7. The summed E-state index contributed by atoms with van der Waals surface area (Å²) in [7, 11) is 3.25. The lowest BCUT2D eigenvalue weighted by Crippen LogP contribution is -2.58. The number of amides is 2. The third-order valence-corrected chi connectivity index (χ3v) is 8.62. The van der Waals surface area contributed by atoms with E-state index < -0.39 is 6.10 Å². The number of ether oxygens (including phenoxy) is 2. The number of rotatable bonds is 10. The number of nitrogens with one attached hydrogen (secondary N) is 1. The molecule has 7 atom stereocenters. The number of methoxy groups -OCH3 is 2. The van der Waals surface area contributed by atoms with Gasteiger partial charge in [-0.2, -0.15) is 0 Å². The minimum absolute atomic E-state index is 0.00177. The van der Waals surface area contributed by atoms with Gasteiger partial charge >= 0.3 is 0 Å². The van der Waals surface area contributed by atoms with Crippen LogP contribution in [0.15, 0.2) is 24.5 Å². The fourth-order valence-corrected chi connectivity index (χ4v) is 6.46. The van der Waals surface area contributed by atoms with Gasteiger partial charge in [-0.15, -0.1) is 0 Å². The number of carbonyl (C=O) groups excluding carboxylic acids is 2. The maximum absolute atomic E-state index is 13.4. The van der Waals surface area contributed by atoms with E-state index in [2.05, 4.69) is 24.1 Å². The number of fused-ring (bicyclic) bond motifs is 1. The molecule has 2 aliphatic rings. The van der Waals surface area contributed by atoms with Crippen LogP contribution in [-0.2, 0) is 14.3 Å². The lowest BCUT2D eigenvalue weighted by atomic mass is 9.51. The van der Waals surface area contributed by atoms with Crippen LogP contribution in [0.3, 0.4) is 0 Å². The number of aromatic nitrogens is 1. The zero-order valence-electron chi connectivity index (χ0n) is 21.9. The van der Waals surface area contributed by atoms with Gasteiger partial charge in [-0.05, 0) is 61.0 Å². The topological polar surface area (TPSA) is 101 Å². The number of aliphatic hydroxyl groups is 1. The van der Waals surface area contributed by atoms with Crippen LogP contribution in [0.25, 0.3) is 0 Å². The van der Waals surface area contributed by atoms with Crippen LogP contribution in [0.4, 0.5) is 0 Å². The average molecular weight is 490 g/mol. The molecule has 2 amide bonds. The standard InChI is InChI=1S/C27H43N3O5/c1-18(26(33)30(14-16-34-4)15-17-35-5)21-6-10-27(3)11-7-22(19(2)23(27)24(21)31)29-25(32)20-8-12-28-13-9-20/h8-9,12-13,18-19,21-24,31H,6-7,10-11,14-17H2,1-5H3,(H,29,32)/t18-,19+,21?,22-,23+,24-,27-/m0/s1. The number of hydrogen-bond acceptors (Lipinski definition) is 6. The first-order chi connectivity index (χ1) is 16.7. The van der Waals surface area contributed by atoms with Crippen molar-refractivity contribution in [1.29, 1.82) is 0 Å². The molecule has 2 aliphatic carbocycles. The van der Waals surface area contributed by atoms with Gasteiger partial charge in [0.15, 0.2) is 0 Å². The minimum atomic E-state index is -0.602. The van der Waals surface area contributed by atoms with E-state index in [1.807, 2.05) is 6.92 Å². The van der Waals surface area contributed by atoms with E-state index in [4.69, 9.17) is 9.47 Å². The molecule has 2 saturated carbocycles. The summed E-state index contributed by atoms with van der Waals surface area (Å²) >= 11 is 0. The number of pyridine rings is 1. The summed E-state index contributed by atoms with van der Waals surface area (Å²) in [6.07, 6.45) is 6.27. The molecule has 0 bridgehead atoms. The van der Waals surface area contributed by atoms with Crippen molar-refractivity contribution in [1.82, 2.24) is 15.2 Å². The van der Waals surface area contributed by atoms with Crippen LogP contribution in [-0.4, -0.2) is 79.5 Å². The Morgan fingerprint density at radius 3 is 2.37 bits per heavy atom. The number of hydrogen-bond donors (Lipinski definition) is 2. The normalized spacial score (nSPS) is 31.3. The Balaban J connectivity index is 1.72. The molecule has 1 heterocycles. The highest BCUT2D eigenvalue weighted by atomic mass is 16.5. The van der Waals surface area contributed by atoms with Crippen molar-refractivity contribution in [2.75, 3.05) is 40.5 Å². The monoisotopic (exact) mass is 489 g/mol. The van der Waals surface area contributed by atoms with Crippen molar-refractivity contribution in [3.8, 4) is 0 Å². The molecule has 35 heavy (non-hydrogen) atoms. The highest BCUT2D eigenvalue weighted by molar-refractivity contribution is 5.94. The first-order valence-corrected chi connectivity index (χ1v) is 12.9. The molecular formula is C27H43N3O5. The lowest BCUT2D eigenvalue weighted by molar-refractivity contribution is -0.151. The van der Waals surface area contributed by atoms with E-state index in [0.717, 1.165) is 25.7 Å². The van der Waals surface area contributed by atoms with Crippen LogP contribution in [0.1, 0.15) is 56.8 Å². The molecule has 0 radical (unpaired) electrons. The Labute approximate surface area is 209 Å². The third-order valence-electron chi connectivity index (χ3n) is 8.62. The molecule has 1 unspecified atom stereocenters. The summed E-state index contributed by atoms with van der Waals surface area (Å²) in [4.78, 5) is 32.0. The van der Waals surface area contributed by atoms with E-state index in [0.29, 0.717) is 31.9 Å². The zero-order chi connectivity index (χ0) is 25.6. The Morgan fingerprint density at radius 2 is 1.77 bits per heavy atom. The molecule has 1 aromatic heterocycles. The van der Waals surface area contributed by atoms with Crippen molar-refractivity contribution >= 4 is 11.8 Å². The van der Waals surface area contributed by atoms with E-state index in [-0.39, 0.29) is 46.9 Å². The Morgan fingerprint density at radius 1 is 1.17 bits per heavy atom. The average Bonchev–Trinajstić information content (AvgIpc) is 2.85. The summed E-state index contributed by atoms with van der Waals surface area (Å²) in [5.74, 6) is -0.382. The molecule has 0 saturated heterocycles. The number of aliphatic hydroxyl groups excluding tert-OH is 1. The number of carbonyl (C=O) groups is 2. The van der Waals surface area contributed by atoms with E-state index >= 15 is 0 Å². The zero-order valence-corrected chi connectivity index (χ0v) is 21.9. The Hall–Kier alpha value is -2.03. The van der Waals surface area contributed by atoms with Gasteiger partial charge < -0.3 is 24.8 Å². The molecule has 8 nitrogen and oxygen atoms in total. The summed E-state index contributed by atoms with van der Waals surface area (Å²) in [5, 5.41) is 14.9. The maximum Gasteiger partial charge on any atom is 0.251 e. The van der Waals surface area contributed by atoms with Crippen molar-refractivity contribution < 1.29 is 24.2 Å². The highest BCUT2D eigenvalue weighted by Crippen LogP contribution is 2.55. The molecule has 3 rings (SSSR count). The second-order valence-corrected chi connectivity index (χ2v) is 10.7. The van der Waals surface area contributed by atoms with Gasteiger partial charge in [0, 0.05) is 57.2 Å². The van der Waals surface area contributed by atoms with Crippen molar-refractivity contribution in [2.24, 2.45) is 29.1 Å². The molecule has 0 aromatic carbocycles. The fraction of sp³-hybridized carbons (Fsp3) is 0.741. The van der Waals surface area contributed by atoms with Crippen LogP contribution in [0, 0.1) is 29.1 Å². The van der Waals surface area contributed by atoms with Crippen LogP contribution >= 0.6 is 0 Å². The van der Waals surface area contributed by atoms with Crippen molar-refractivity contribution in [3.63, 3.8) is 0 Å². The SMILES string of the molecule is COCCN(CCOC)C(=O)[C@@H](C)C1CC[C@@]2(C)CC[C@H](NC(=O)c3ccncc3)[C@@H](C)[C@@H]2[C@H]1O. The Bertz CT molecular complexity index is 829. The summed E-state index contributed by atoms with van der Waals surface area (Å²) < 4.78 is 10.4. The van der Waals surface area contributed by atoms with E-state index in [1.54, 1.807) is 43.6 Å². The summed E-state index contributed by atoms with van der Waals surface area (Å²) in [5.41, 5.74) is 0.593. The first kappa shape index (κ1) is 27.6. The van der Waals surface area contributed by atoms with Gasteiger partial charge in [-0.1, -0.05) is 20.8 Å². The predicted molar refractivity (Wildman–Crippen MR) is 134 cm³/mol. The van der Waals surface area contributed by atoms with E-state index in [1.165, 1.54) is 0 Å². The van der Waals surface area contributed by atoms with E-state index in [9.17, 15) is 14.7 Å². The van der Waals surface area contributed by atoms with Gasteiger partial charge in [0.1, 0.15) is 0 Å². The van der Waals surface area contributed by atoms with Gasteiger partial charge in [0.05, 0.1) is 19.3 Å². The lowest BCUT2D eigenvalue weighted by Gasteiger charge is -2.56. The molecule has 8 heteroatoms. The molecule has 2 N–H and O–H groups in total. The van der Waals surface area contributed by atoms with Crippen molar-refractivity contribution in [2.45, 2.75) is 58.6 Å². The highest BCUT2D eigenvalue weighted by Gasteiger charge is 2.54. The van der Waals surface area contributed by atoms with Gasteiger partial charge in [0.25, 0.3) is 5.91 Å². The van der Waals surface area contributed by atoms with Gasteiger partial charge in [-0.3, -0.25) is 14.6 Å². The quantitative estimate of drug-likeness (QED) is 0.524. The predicted octanol–water partition coefficient (Wildman–Crippen LogP) is 2.76. The molecule has 0 aliphatic heterocycles. The first-order valence-electron chi connectivity index (χ1n) is 12.9. The maximum atomic E-state index is 13.4. The molecule has 2 fully saturated rings. The van der Waals surface area contributed by atoms with Crippen LogP contribution < -0.4 is 5.32 Å². The Kier molecular flexibility index (Phi) is 9.67. The largest absolute Gasteiger partial charge is 0.392 e. The van der Waals surface area contributed by atoms with Gasteiger partial charge in [0.2, 0.25) is 5.91 Å². The molecule has 196 valence electrons. The minimum Gasteiger partial charge on any atom is -0.392 e. The summed E-state index contributed by atoms with van der Waals surface area (Å²) in [6.45, 7) is 8.30. The van der Waals surface area contributed by atoms with Crippen LogP contribution in [0.5, 0.6) is 0 Å². The smallest absolute Gasteiger partial charge is 0.251 e. The molecule has 1 aromatic rings. The fourth-order valence-electron chi connectivity index (χ4n) is 6.46. The van der Waals surface area contributed by atoms with Crippen LogP contribution in [0.2, 0.25) is 0 Å². The molecule has 0 spiro atoms. The van der Waals surface area contributed by atoms with Crippen molar-refractivity contribution in [3.05, 3.63) is 30.1 Å². The van der Waals surface area contributed by atoms with Gasteiger partial charge in [-0.25, -0.2) is 0 Å². The second kappa shape index (κ2) is 12.3. The third kappa shape index (κ3) is 6.22. The molecular weight excluding hydrogens is 446 g/mol. The summed E-state index contributed by atoms with van der Waals surface area (Å²) in [6, 6.07) is 3.41. The number of nitrogens with zero attached hydrogens (tertiary/aromatic N) is 2.